The van der Waals surface area contributed by atoms with Crippen molar-refractivity contribution in [3.8, 4) is 0 Å². The average Bonchev–Trinajstić information content (AvgIpc) is 3.47. The van der Waals surface area contributed by atoms with Crippen LogP contribution in [0.1, 0.15) is 12.3 Å². The van der Waals surface area contributed by atoms with Gasteiger partial charge in [0.25, 0.3) is 0 Å². The van der Waals surface area contributed by atoms with E-state index in [0.717, 1.165) is 11.0 Å². The molecule has 0 aliphatic carbocycles. The minimum absolute atomic E-state index is 0.145. The van der Waals surface area contributed by atoms with Gasteiger partial charge in [0.1, 0.15) is 23.4 Å². The third-order valence-electron chi connectivity index (χ3n) is 5.82. The average molecular weight is 471 g/mol. The van der Waals surface area contributed by atoms with Gasteiger partial charge in [-0.1, -0.05) is 34.7 Å². The summed E-state index contributed by atoms with van der Waals surface area (Å²) in [6, 6.07) is 15.1. The zero-order valence-corrected chi connectivity index (χ0v) is 18.8. The number of aromatic nitrogens is 6. The molecule has 2 heterocycles. The van der Waals surface area contributed by atoms with Crippen LogP contribution in [-0.4, -0.2) is 113 Å². The van der Waals surface area contributed by atoms with Gasteiger partial charge in [-0.05, 0) is 24.3 Å². The number of hydrogen-bond acceptors (Lipinski definition) is 10. The molecule has 0 amide bonds. The summed E-state index contributed by atoms with van der Waals surface area (Å²) in [5.41, 5.74) is 2.91. The molecule has 34 heavy (non-hydrogen) atoms. The highest BCUT2D eigenvalue weighted by Crippen LogP contribution is 2.33. The number of para-hydroxylation sites is 2. The maximum atomic E-state index is 9.86. The molecule has 0 spiro atoms. The number of hydrogen-bond donors (Lipinski definition) is 4. The van der Waals surface area contributed by atoms with E-state index in [1.54, 1.807) is 9.36 Å². The molecule has 12 nitrogen and oxygen atoms in total. The highest BCUT2D eigenvalue weighted by Gasteiger charge is 2.37. The molecule has 4 N–H and O–H groups in total. The molecule has 0 bridgehead atoms. The number of nitrogens with zero attached hydrogens (tertiary/aromatic N) is 8. The van der Waals surface area contributed by atoms with Gasteiger partial charge >= 0.3 is 0 Å². The lowest BCUT2D eigenvalue weighted by Crippen LogP contribution is -2.50. The first-order chi connectivity index (χ1) is 16.7. The Labute approximate surface area is 196 Å². The van der Waals surface area contributed by atoms with E-state index in [2.05, 4.69) is 20.6 Å². The minimum atomic E-state index is -0.616. The second-order valence-electron chi connectivity index (χ2n) is 7.84. The van der Waals surface area contributed by atoms with Crippen LogP contribution in [0, 0.1) is 0 Å². The first-order valence-electron chi connectivity index (χ1n) is 11.2. The molecule has 4 aromatic rings. The maximum Gasteiger partial charge on any atom is 0.143 e. The van der Waals surface area contributed by atoms with E-state index >= 15 is 0 Å². The van der Waals surface area contributed by atoms with Gasteiger partial charge < -0.3 is 20.4 Å². The zero-order chi connectivity index (χ0) is 23.9. The summed E-state index contributed by atoms with van der Waals surface area (Å²) in [5, 5.41) is 56.9. The Bertz CT molecular complexity index is 1080. The van der Waals surface area contributed by atoms with E-state index < -0.39 is 12.3 Å². The fourth-order valence-corrected chi connectivity index (χ4v) is 4.37. The van der Waals surface area contributed by atoms with Crippen molar-refractivity contribution in [2.24, 2.45) is 0 Å². The number of benzene rings is 2. The van der Waals surface area contributed by atoms with E-state index in [-0.39, 0.29) is 52.6 Å². The van der Waals surface area contributed by atoms with Crippen molar-refractivity contribution in [2.45, 2.75) is 12.3 Å². The van der Waals surface area contributed by atoms with Crippen molar-refractivity contribution < 1.29 is 20.4 Å². The van der Waals surface area contributed by atoms with Crippen LogP contribution in [0.2, 0.25) is 0 Å². The van der Waals surface area contributed by atoms with Crippen LogP contribution in [0.15, 0.2) is 48.5 Å². The second-order valence-corrected chi connectivity index (χ2v) is 7.84. The molecule has 4 rings (SSSR count). The van der Waals surface area contributed by atoms with Gasteiger partial charge in [0.2, 0.25) is 0 Å². The van der Waals surface area contributed by atoms with E-state index in [1.165, 1.54) is 0 Å². The first kappa shape index (κ1) is 24.1. The Hall–Kier alpha value is -3.00. The molecular formula is C22H30N8O4. The van der Waals surface area contributed by atoms with E-state index in [9.17, 15) is 20.4 Å². The number of fused-ring (bicyclic) bond motifs is 2. The van der Waals surface area contributed by atoms with Gasteiger partial charge in [-0.25, -0.2) is 9.36 Å². The molecule has 0 aliphatic rings. The molecule has 0 saturated heterocycles. The van der Waals surface area contributed by atoms with Crippen molar-refractivity contribution in [1.29, 1.82) is 0 Å². The fraction of sp³-hybridized carbons (Fsp3) is 0.455. The van der Waals surface area contributed by atoms with Crippen molar-refractivity contribution >= 4 is 22.1 Å². The molecule has 0 unspecified atom stereocenters. The van der Waals surface area contributed by atoms with E-state index in [1.807, 2.05) is 58.3 Å². The summed E-state index contributed by atoms with van der Waals surface area (Å²) in [6.07, 6.45) is -1.23. The molecule has 12 heteroatoms. The van der Waals surface area contributed by atoms with Crippen molar-refractivity contribution in [3.05, 3.63) is 48.5 Å². The highest BCUT2D eigenvalue weighted by molar-refractivity contribution is 5.75. The summed E-state index contributed by atoms with van der Waals surface area (Å²) in [4.78, 5) is 3.79. The number of aliphatic hydroxyl groups is 4. The van der Waals surface area contributed by atoms with Gasteiger partial charge in [0, 0.05) is 26.2 Å². The Morgan fingerprint density at radius 3 is 1.29 bits per heavy atom. The fourth-order valence-electron chi connectivity index (χ4n) is 4.37. The molecule has 0 saturated carbocycles. The van der Waals surface area contributed by atoms with Crippen molar-refractivity contribution in [3.63, 3.8) is 0 Å². The molecule has 0 aliphatic heterocycles. The predicted molar refractivity (Wildman–Crippen MR) is 125 cm³/mol. The van der Waals surface area contributed by atoms with E-state index in [0.29, 0.717) is 11.0 Å². The Kier molecular flexibility index (Phi) is 8.11. The third kappa shape index (κ3) is 4.78. The highest BCUT2D eigenvalue weighted by atomic mass is 16.3. The normalized spacial score (nSPS) is 13.9. The SMILES string of the molecule is OCCN(CCO)[C@@H]([C@H](N(CCO)CCO)n1nnc2ccccc21)n1nnc2ccccc21. The smallest absolute Gasteiger partial charge is 0.143 e. The summed E-state index contributed by atoms with van der Waals surface area (Å²) < 4.78 is 3.48. The lowest BCUT2D eigenvalue weighted by Gasteiger charge is -2.41. The minimum Gasteiger partial charge on any atom is -0.395 e. The van der Waals surface area contributed by atoms with Crippen LogP contribution in [0.4, 0.5) is 0 Å². The van der Waals surface area contributed by atoms with Gasteiger partial charge in [0.15, 0.2) is 0 Å². The van der Waals surface area contributed by atoms with Crippen molar-refractivity contribution in [1.82, 2.24) is 39.8 Å². The molecule has 0 radical (unpaired) electrons. The van der Waals surface area contributed by atoms with Crippen LogP contribution < -0.4 is 0 Å². The molecular weight excluding hydrogens is 440 g/mol. The predicted octanol–water partition coefficient (Wildman–Crippen LogP) is -0.553. The van der Waals surface area contributed by atoms with Crippen LogP contribution >= 0.6 is 0 Å². The van der Waals surface area contributed by atoms with Gasteiger partial charge in [-0.2, -0.15) is 0 Å². The van der Waals surface area contributed by atoms with Gasteiger partial charge in [-0.3, -0.25) is 9.80 Å². The zero-order valence-electron chi connectivity index (χ0n) is 18.8. The second kappa shape index (κ2) is 11.4. The summed E-state index contributed by atoms with van der Waals surface area (Å²) in [6.45, 7) is 0.399. The Morgan fingerprint density at radius 2 is 0.941 bits per heavy atom. The molecule has 2 aromatic carbocycles. The molecule has 0 fully saturated rings. The lowest BCUT2D eigenvalue weighted by atomic mass is 10.2. The maximum absolute atomic E-state index is 9.86. The van der Waals surface area contributed by atoms with Crippen LogP contribution in [-0.2, 0) is 0 Å². The summed E-state index contributed by atoms with van der Waals surface area (Å²) >= 11 is 0. The van der Waals surface area contributed by atoms with Crippen LogP contribution in [0.5, 0.6) is 0 Å². The third-order valence-corrected chi connectivity index (χ3v) is 5.82. The lowest BCUT2D eigenvalue weighted by molar-refractivity contribution is -0.0364. The van der Waals surface area contributed by atoms with Crippen LogP contribution in [0.25, 0.3) is 22.1 Å². The topological polar surface area (TPSA) is 149 Å². The monoisotopic (exact) mass is 470 g/mol. The standard InChI is InChI=1S/C22H30N8O4/c31-13-9-27(10-14-32)21(29-19-7-3-1-5-17(19)23-25-29)22(28(11-15-33)12-16-34)30-20-8-4-2-6-18(20)24-26-30/h1-8,21-22,31-34H,9-16H2/t21-,22-/m1/s1. The van der Waals surface area contributed by atoms with E-state index in [4.69, 9.17) is 0 Å². The first-order valence-corrected chi connectivity index (χ1v) is 11.2. The Balaban J connectivity index is 1.96. The number of aliphatic hydroxyl groups excluding tert-OH is 4. The largest absolute Gasteiger partial charge is 0.395 e. The number of rotatable bonds is 13. The van der Waals surface area contributed by atoms with Crippen LogP contribution in [0.3, 0.4) is 0 Å². The Morgan fingerprint density at radius 1 is 0.588 bits per heavy atom. The summed E-state index contributed by atoms with van der Waals surface area (Å²) in [5.74, 6) is 0. The molecule has 182 valence electrons. The molecule has 2 atom stereocenters. The van der Waals surface area contributed by atoms with Gasteiger partial charge in [-0.15, -0.1) is 10.2 Å². The summed E-state index contributed by atoms with van der Waals surface area (Å²) in [7, 11) is 0. The van der Waals surface area contributed by atoms with Gasteiger partial charge in [0.05, 0.1) is 37.5 Å². The van der Waals surface area contributed by atoms with Crippen molar-refractivity contribution in [2.75, 3.05) is 52.6 Å². The quantitative estimate of drug-likeness (QED) is 0.200. The molecule has 2 aromatic heterocycles.